The van der Waals surface area contributed by atoms with Crippen LogP contribution in [0.2, 0.25) is 0 Å². The maximum Gasteiger partial charge on any atom is 0.250 e. The minimum Gasteiger partial charge on any atom is -0.457 e. The molecule has 1 heterocycles. The molecule has 0 aliphatic carbocycles. The third-order valence-corrected chi connectivity index (χ3v) is 6.46. The van der Waals surface area contributed by atoms with Gasteiger partial charge in [-0.15, -0.1) is 10.2 Å². The molecule has 7 nitrogen and oxygen atoms in total. The van der Waals surface area contributed by atoms with Crippen LogP contribution in [0.25, 0.3) is 17.1 Å². The highest BCUT2D eigenvalue weighted by atomic mass is 32.2. The van der Waals surface area contributed by atoms with Crippen LogP contribution in [0.5, 0.6) is 11.5 Å². The van der Waals surface area contributed by atoms with Gasteiger partial charge in [0.05, 0.1) is 12.0 Å². The molecular weight excluding hydrogens is 494 g/mol. The SMILES string of the molecule is Cc1ccc(-n2c(SCC(=O)N/N=C/c3cccc(Oc4ccccc4)c3)nnc2-c2ccccc2)cc1. The van der Waals surface area contributed by atoms with Gasteiger partial charge in [-0.3, -0.25) is 9.36 Å². The van der Waals surface area contributed by atoms with Crippen molar-refractivity contribution in [3.8, 4) is 28.6 Å². The number of hydrazone groups is 1. The average molecular weight is 520 g/mol. The second-order valence-corrected chi connectivity index (χ2v) is 9.36. The molecule has 0 radical (unpaired) electrons. The number of carbonyl (C=O) groups is 1. The van der Waals surface area contributed by atoms with Gasteiger partial charge >= 0.3 is 0 Å². The van der Waals surface area contributed by atoms with Crippen LogP contribution in [0.1, 0.15) is 11.1 Å². The van der Waals surface area contributed by atoms with Gasteiger partial charge < -0.3 is 4.74 Å². The molecule has 1 N–H and O–H groups in total. The van der Waals surface area contributed by atoms with Gasteiger partial charge in [0.15, 0.2) is 11.0 Å². The number of nitrogens with zero attached hydrogens (tertiary/aromatic N) is 4. The smallest absolute Gasteiger partial charge is 0.250 e. The number of aromatic nitrogens is 3. The highest BCUT2D eigenvalue weighted by Gasteiger charge is 2.17. The normalized spacial score (nSPS) is 11.0. The number of amides is 1. The van der Waals surface area contributed by atoms with Crippen LogP contribution in [-0.2, 0) is 4.79 Å². The molecule has 0 aliphatic rings. The van der Waals surface area contributed by atoms with Crippen LogP contribution >= 0.6 is 11.8 Å². The molecule has 38 heavy (non-hydrogen) atoms. The molecule has 0 fully saturated rings. The zero-order chi connectivity index (χ0) is 26.2. The summed E-state index contributed by atoms with van der Waals surface area (Å²) in [7, 11) is 0. The number of hydrogen-bond acceptors (Lipinski definition) is 6. The molecule has 188 valence electrons. The Morgan fingerprint density at radius 3 is 2.37 bits per heavy atom. The van der Waals surface area contributed by atoms with Gasteiger partial charge in [-0.1, -0.05) is 90.1 Å². The van der Waals surface area contributed by atoms with Crippen molar-refractivity contribution in [2.75, 3.05) is 5.75 Å². The minimum absolute atomic E-state index is 0.132. The Balaban J connectivity index is 1.24. The van der Waals surface area contributed by atoms with E-state index >= 15 is 0 Å². The fraction of sp³-hybridized carbons (Fsp3) is 0.0667. The predicted molar refractivity (Wildman–Crippen MR) is 151 cm³/mol. The maximum absolute atomic E-state index is 12.6. The Morgan fingerprint density at radius 2 is 1.61 bits per heavy atom. The Labute approximate surface area is 225 Å². The third-order valence-electron chi connectivity index (χ3n) is 5.53. The lowest BCUT2D eigenvalue weighted by Crippen LogP contribution is -2.20. The van der Waals surface area contributed by atoms with E-state index < -0.39 is 0 Å². The van der Waals surface area contributed by atoms with Crippen molar-refractivity contribution < 1.29 is 9.53 Å². The van der Waals surface area contributed by atoms with Crippen molar-refractivity contribution in [3.05, 3.63) is 120 Å². The van der Waals surface area contributed by atoms with E-state index in [1.165, 1.54) is 11.8 Å². The van der Waals surface area contributed by atoms with Gasteiger partial charge in [0.2, 0.25) is 0 Å². The van der Waals surface area contributed by atoms with Crippen LogP contribution in [0.4, 0.5) is 0 Å². The van der Waals surface area contributed by atoms with E-state index in [1.807, 2.05) is 121 Å². The van der Waals surface area contributed by atoms with Crippen LogP contribution in [0, 0.1) is 6.92 Å². The quantitative estimate of drug-likeness (QED) is 0.141. The predicted octanol–water partition coefficient (Wildman–Crippen LogP) is 6.28. The lowest BCUT2D eigenvalue weighted by Gasteiger charge is -2.10. The summed E-state index contributed by atoms with van der Waals surface area (Å²) in [6.07, 6.45) is 1.59. The fourth-order valence-corrected chi connectivity index (χ4v) is 4.43. The molecule has 0 aliphatic heterocycles. The average Bonchev–Trinajstić information content (AvgIpc) is 3.38. The summed E-state index contributed by atoms with van der Waals surface area (Å²) in [5.41, 5.74) is 6.42. The molecule has 1 amide bonds. The first-order chi connectivity index (χ1) is 18.7. The maximum atomic E-state index is 12.6. The van der Waals surface area contributed by atoms with Crippen molar-refractivity contribution in [1.82, 2.24) is 20.2 Å². The van der Waals surface area contributed by atoms with Gasteiger partial charge in [-0.05, 0) is 48.9 Å². The third kappa shape index (κ3) is 6.35. The van der Waals surface area contributed by atoms with Crippen molar-refractivity contribution in [2.24, 2.45) is 5.10 Å². The first-order valence-corrected chi connectivity index (χ1v) is 13.0. The first-order valence-electron chi connectivity index (χ1n) is 12.0. The summed E-state index contributed by atoms with van der Waals surface area (Å²) in [6.45, 7) is 2.04. The van der Waals surface area contributed by atoms with Crippen molar-refractivity contribution in [2.45, 2.75) is 12.1 Å². The van der Waals surface area contributed by atoms with Gasteiger partial charge in [0.1, 0.15) is 11.5 Å². The molecule has 0 saturated heterocycles. The van der Waals surface area contributed by atoms with E-state index in [0.717, 1.165) is 28.1 Å². The van der Waals surface area contributed by atoms with Gasteiger partial charge in [-0.25, -0.2) is 5.43 Å². The van der Waals surface area contributed by atoms with Crippen molar-refractivity contribution >= 4 is 23.9 Å². The summed E-state index contributed by atoms with van der Waals surface area (Å²) in [4.78, 5) is 12.6. The highest BCUT2D eigenvalue weighted by molar-refractivity contribution is 7.99. The summed E-state index contributed by atoms with van der Waals surface area (Å²) in [5, 5.41) is 13.5. The second-order valence-electron chi connectivity index (χ2n) is 8.41. The number of carbonyl (C=O) groups excluding carboxylic acids is 1. The molecule has 5 aromatic rings. The number of benzene rings is 4. The lowest BCUT2D eigenvalue weighted by molar-refractivity contribution is -0.118. The summed E-state index contributed by atoms with van der Waals surface area (Å²) >= 11 is 1.30. The summed E-state index contributed by atoms with van der Waals surface area (Å²) < 4.78 is 7.82. The molecular formula is C30H25N5O2S. The molecule has 0 spiro atoms. The van der Waals surface area contributed by atoms with Gasteiger partial charge in [0.25, 0.3) is 5.91 Å². The molecule has 0 atom stereocenters. The molecule has 0 bridgehead atoms. The summed E-state index contributed by atoms with van der Waals surface area (Å²) in [6, 6.07) is 35.0. The zero-order valence-corrected chi connectivity index (χ0v) is 21.5. The molecule has 8 heteroatoms. The van der Waals surface area contributed by atoms with E-state index in [2.05, 4.69) is 20.7 Å². The number of nitrogens with one attached hydrogen (secondary N) is 1. The standard InChI is InChI=1S/C30H25N5O2S/c1-22-15-17-25(18-16-22)35-29(24-10-4-2-5-11-24)33-34-30(35)38-21-28(36)32-31-20-23-9-8-14-27(19-23)37-26-12-6-3-7-13-26/h2-20H,21H2,1H3,(H,32,36)/b31-20+. The van der Waals surface area contributed by atoms with E-state index in [0.29, 0.717) is 16.7 Å². The largest absolute Gasteiger partial charge is 0.457 e. The lowest BCUT2D eigenvalue weighted by atomic mass is 10.2. The second kappa shape index (κ2) is 12.0. The molecule has 4 aromatic carbocycles. The Hall–Kier alpha value is -4.69. The fourth-order valence-electron chi connectivity index (χ4n) is 3.69. The monoisotopic (exact) mass is 519 g/mol. The van der Waals surface area contributed by atoms with Crippen LogP contribution in [0.3, 0.4) is 0 Å². The van der Waals surface area contributed by atoms with Crippen LogP contribution < -0.4 is 10.2 Å². The molecule has 1 aromatic heterocycles. The zero-order valence-electron chi connectivity index (χ0n) is 20.7. The van der Waals surface area contributed by atoms with Gasteiger partial charge in [0, 0.05) is 11.3 Å². The van der Waals surface area contributed by atoms with E-state index in [1.54, 1.807) is 6.21 Å². The number of thioether (sulfide) groups is 1. The van der Waals surface area contributed by atoms with Crippen molar-refractivity contribution in [3.63, 3.8) is 0 Å². The number of para-hydroxylation sites is 1. The molecule has 5 rings (SSSR count). The van der Waals surface area contributed by atoms with E-state index in [4.69, 9.17) is 4.74 Å². The number of aryl methyl sites for hydroxylation is 1. The number of rotatable bonds is 9. The Bertz CT molecular complexity index is 1530. The molecule has 0 saturated carbocycles. The number of ether oxygens (including phenoxy) is 1. The minimum atomic E-state index is -0.248. The van der Waals surface area contributed by atoms with Crippen LogP contribution in [-0.4, -0.2) is 32.6 Å². The van der Waals surface area contributed by atoms with E-state index in [9.17, 15) is 4.79 Å². The van der Waals surface area contributed by atoms with E-state index in [-0.39, 0.29) is 11.7 Å². The Kier molecular flexibility index (Phi) is 7.91. The molecule has 0 unspecified atom stereocenters. The van der Waals surface area contributed by atoms with Gasteiger partial charge in [-0.2, -0.15) is 5.10 Å². The first kappa shape index (κ1) is 25.0. The number of hydrogen-bond donors (Lipinski definition) is 1. The van der Waals surface area contributed by atoms with Crippen molar-refractivity contribution in [1.29, 1.82) is 0 Å². The van der Waals surface area contributed by atoms with Crippen LogP contribution in [0.15, 0.2) is 119 Å². The topological polar surface area (TPSA) is 81.4 Å². The summed E-state index contributed by atoms with van der Waals surface area (Å²) in [5.74, 6) is 2.04. The Morgan fingerprint density at radius 1 is 0.895 bits per heavy atom. The highest BCUT2D eigenvalue weighted by Crippen LogP contribution is 2.28.